The number of phenolic OH excluding ortho intramolecular Hbond substituents is 1. The Bertz CT molecular complexity index is 1100. The summed E-state index contributed by atoms with van der Waals surface area (Å²) in [4.78, 5) is 12.1. The van der Waals surface area contributed by atoms with Crippen LogP contribution >= 0.6 is 0 Å². The number of amides is 1. The first-order valence-electron chi connectivity index (χ1n) is 8.13. The Hall–Kier alpha value is -3.42. The Morgan fingerprint density at radius 3 is 2.77 bits per heavy atom. The number of hydrogen-bond donors (Lipinski definition) is 4. The van der Waals surface area contributed by atoms with Crippen LogP contribution in [0.1, 0.15) is 27.2 Å². The topological polar surface area (TPSA) is 128 Å². The van der Waals surface area contributed by atoms with Crippen molar-refractivity contribution < 1.29 is 14.6 Å². The lowest BCUT2D eigenvalue weighted by Crippen LogP contribution is -2.12. The zero-order valence-electron chi connectivity index (χ0n) is 14.7. The molecule has 3 aromatic rings. The molecule has 0 spiro atoms. The lowest BCUT2D eigenvalue weighted by Gasteiger charge is -2.14. The van der Waals surface area contributed by atoms with E-state index < -0.39 is 5.91 Å². The molecule has 6 N–H and O–H groups in total. The third kappa shape index (κ3) is 2.01. The quantitative estimate of drug-likeness (QED) is 0.522. The summed E-state index contributed by atoms with van der Waals surface area (Å²) < 4.78 is 7.12. The molecule has 1 aliphatic heterocycles. The van der Waals surface area contributed by atoms with Gasteiger partial charge in [0.05, 0.1) is 33.8 Å². The van der Waals surface area contributed by atoms with Crippen LogP contribution in [0.3, 0.4) is 0 Å². The van der Waals surface area contributed by atoms with Crippen molar-refractivity contribution in [3.8, 4) is 22.8 Å². The zero-order valence-corrected chi connectivity index (χ0v) is 14.7. The number of nitrogens with two attached hydrogens (primary N) is 2. The second-order valence-electron chi connectivity index (χ2n) is 6.45. The van der Waals surface area contributed by atoms with Crippen molar-refractivity contribution in [3.63, 3.8) is 0 Å². The molecule has 0 atom stereocenters. The fourth-order valence-electron chi connectivity index (χ4n) is 3.39. The van der Waals surface area contributed by atoms with E-state index in [0.717, 1.165) is 11.3 Å². The highest BCUT2D eigenvalue weighted by Crippen LogP contribution is 2.48. The predicted molar refractivity (Wildman–Crippen MR) is 98.6 cm³/mol. The molecule has 0 saturated carbocycles. The lowest BCUT2D eigenvalue weighted by molar-refractivity contribution is 0.100. The molecule has 1 amide bonds. The highest BCUT2D eigenvalue weighted by Gasteiger charge is 2.29. The number of carbonyl (C=O) groups is 1. The summed E-state index contributed by atoms with van der Waals surface area (Å²) in [6.07, 6.45) is 0. The number of phenols is 1. The Morgan fingerprint density at radius 2 is 2.08 bits per heavy atom. The number of rotatable bonds is 2. The van der Waals surface area contributed by atoms with E-state index >= 15 is 0 Å². The predicted octanol–water partition coefficient (Wildman–Crippen LogP) is 2.08. The largest absolute Gasteiger partial charge is 0.508 e. The summed E-state index contributed by atoms with van der Waals surface area (Å²) >= 11 is 0. The molecule has 8 nitrogen and oxygen atoms in total. The molecule has 0 aliphatic carbocycles. The van der Waals surface area contributed by atoms with Gasteiger partial charge in [-0.1, -0.05) is 0 Å². The average molecular weight is 353 g/mol. The van der Waals surface area contributed by atoms with E-state index in [1.165, 1.54) is 0 Å². The molecule has 0 saturated heterocycles. The summed E-state index contributed by atoms with van der Waals surface area (Å²) in [5.41, 5.74) is 17.1. The number of nitrogens with zero attached hydrogens (tertiary/aromatic N) is 2. The standard InChI is InChI=1S/C18H19N5O3/c1-7-4-10-14(18(20)25)15(19)17(23(10)22-9(7)3)13-8(2)11(24)5-12-16(13)21-6-26-12/h4-5,21,24H,6,19H2,1-3H3,(H2,20,25). The number of primary amides is 1. The number of fused-ring (bicyclic) bond motifs is 2. The number of ether oxygens (including phenoxy) is 1. The first-order valence-corrected chi connectivity index (χ1v) is 8.13. The summed E-state index contributed by atoms with van der Waals surface area (Å²) in [6.45, 7) is 5.83. The summed E-state index contributed by atoms with van der Waals surface area (Å²) in [7, 11) is 0. The van der Waals surface area contributed by atoms with E-state index in [4.69, 9.17) is 16.2 Å². The number of aromatic nitrogens is 2. The molecule has 1 aromatic carbocycles. The highest BCUT2D eigenvalue weighted by atomic mass is 16.5. The number of nitrogen functional groups attached to an aromatic ring is 1. The maximum Gasteiger partial charge on any atom is 0.253 e. The molecule has 8 heteroatoms. The fraction of sp³-hybridized carbons (Fsp3) is 0.222. The summed E-state index contributed by atoms with van der Waals surface area (Å²) in [5.74, 6) is -0.0434. The van der Waals surface area contributed by atoms with E-state index in [1.807, 2.05) is 19.9 Å². The average Bonchev–Trinajstić information content (AvgIpc) is 3.12. The third-order valence-electron chi connectivity index (χ3n) is 4.88. The van der Waals surface area contributed by atoms with E-state index in [-0.39, 0.29) is 23.7 Å². The number of hydrogen-bond acceptors (Lipinski definition) is 6. The van der Waals surface area contributed by atoms with Crippen LogP contribution < -0.4 is 21.5 Å². The normalized spacial score (nSPS) is 12.7. The minimum atomic E-state index is -0.630. The number of nitrogens with one attached hydrogen (secondary N) is 1. The first kappa shape index (κ1) is 16.1. The Kier molecular flexibility index (Phi) is 3.27. The van der Waals surface area contributed by atoms with Gasteiger partial charge >= 0.3 is 0 Å². The Morgan fingerprint density at radius 1 is 1.35 bits per heavy atom. The van der Waals surface area contributed by atoms with Gasteiger partial charge in [0, 0.05) is 17.2 Å². The van der Waals surface area contributed by atoms with Crippen molar-refractivity contribution in [1.82, 2.24) is 9.61 Å². The van der Waals surface area contributed by atoms with Gasteiger partial charge in [-0.05, 0) is 32.4 Å². The molecule has 0 radical (unpaired) electrons. The molecule has 26 heavy (non-hydrogen) atoms. The third-order valence-corrected chi connectivity index (χ3v) is 4.88. The monoisotopic (exact) mass is 353 g/mol. The smallest absolute Gasteiger partial charge is 0.253 e. The van der Waals surface area contributed by atoms with E-state index in [0.29, 0.717) is 33.8 Å². The van der Waals surface area contributed by atoms with Crippen molar-refractivity contribution in [2.75, 3.05) is 17.8 Å². The number of aryl methyl sites for hydroxylation is 2. The second kappa shape index (κ2) is 5.29. The van der Waals surface area contributed by atoms with Gasteiger partial charge in [0.25, 0.3) is 5.91 Å². The number of carbonyl (C=O) groups excluding carboxylic acids is 1. The van der Waals surface area contributed by atoms with Gasteiger partial charge < -0.3 is 26.6 Å². The molecular weight excluding hydrogens is 334 g/mol. The van der Waals surface area contributed by atoms with E-state index in [9.17, 15) is 9.90 Å². The van der Waals surface area contributed by atoms with Crippen molar-refractivity contribution in [2.24, 2.45) is 5.73 Å². The Labute approximate surface area is 149 Å². The molecule has 134 valence electrons. The highest BCUT2D eigenvalue weighted by molar-refractivity contribution is 6.10. The summed E-state index contributed by atoms with van der Waals surface area (Å²) in [5, 5.41) is 18.1. The Balaban J connectivity index is 2.20. The van der Waals surface area contributed by atoms with Gasteiger partial charge in [-0.15, -0.1) is 0 Å². The SMILES string of the molecule is Cc1cc2c(C(N)=O)c(N)c(-c3c(C)c(O)cc4c3NCO4)n2nc1C. The molecule has 3 heterocycles. The number of benzene rings is 1. The van der Waals surface area contributed by atoms with Gasteiger partial charge in [0.1, 0.15) is 11.5 Å². The van der Waals surface area contributed by atoms with Gasteiger partial charge in [-0.25, -0.2) is 4.52 Å². The van der Waals surface area contributed by atoms with Crippen LogP contribution in [0.25, 0.3) is 16.8 Å². The van der Waals surface area contributed by atoms with E-state index in [2.05, 4.69) is 10.4 Å². The molecule has 0 fully saturated rings. The van der Waals surface area contributed by atoms with E-state index in [1.54, 1.807) is 17.5 Å². The van der Waals surface area contributed by atoms with Gasteiger partial charge in [-0.3, -0.25) is 4.79 Å². The van der Waals surface area contributed by atoms with Crippen LogP contribution in [0.15, 0.2) is 12.1 Å². The van der Waals surface area contributed by atoms with Crippen LogP contribution in [0, 0.1) is 20.8 Å². The fourth-order valence-corrected chi connectivity index (χ4v) is 3.39. The molecule has 0 unspecified atom stereocenters. The van der Waals surface area contributed by atoms with Crippen molar-refractivity contribution in [2.45, 2.75) is 20.8 Å². The van der Waals surface area contributed by atoms with Crippen LogP contribution in [-0.4, -0.2) is 27.4 Å². The minimum absolute atomic E-state index is 0.0706. The van der Waals surface area contributed by atoms with Gasteiger partial charge in [-0.2, -0.15) is 5.10 Å². The molecule has 1 aliphatic rings. The van der Waals surface area contributed by atoms with Gasteiger partial charge in [0.2, 0.25) is 0 Å². The van der Waals surface area contributed by atoms with Crippen LogP contribution in [0.5, 0.6) is 11.5 Å². The maximum absolute atomic E-state index is 12.1. The van der Waals surface area contributed by atoms with Crippen LogP contribution in [-0.2, 0) is 0 Å². The zero-order chi connectivity index (χ0) is 18.7. The van der Waals surface area contributed by atoms with Crippen LogP contribution in [0.2, 0.25) is 0 Å². The molecule has 2 aromatic heterocycles. The van der Waals surface area contributed by atoms with Crippen molar-refractivity contribution in [1.29, 1.82) is 0 Å². The number of anilines is 2. The van der Waals surface area contributed by atoms with Crippen molar-refractivity contribution >= 4 is 22.8 Å². The number of aromatic hydroxyl groups is 1. The minimum Gasteiger partial charge on any atom is -0.508 e. The molecular formula is C18H19N5O3. The van der Waals surface area contributed by atoms with Crippen LogP contribution in [0.4, 0.5) is 11.4 Å². The molecule has 4 rings (SSSR count). The summed E-state index contributed by atoms with van der Waals surface area (Å²) in [6, 6.07) is 3.39. The maximum atomic E-state index is 12.1. The first-order chi connectivity index (χ1) is 12.3. The van der Waals surface area contributed by atoms with Crippen molar-refractivity contribution in [3.05, 3.63) is 34.5 Å². The van der Waals surface area contributed by atoms with Gasteiger partial charge in [0.15, 0.2) is 6.73 Å². The lowest BCUT2D eigenvalue weighted by atomic mass is 10.00. The second-order valence-corrected chi connectivity index (χ2v) is 6.45. The molecule has 0 bridgehead atoms.